The molecule has 0 N–H and O–H groups in total. The monoisotopic (exact) mass is 374 g/mol. The number of nitriles is 1. The summed E-state index contributed by atoms with van der Waals surface area (Å²) in [5, 5.41) is 8.68. The van der Waals surface area contributed by atoms with Crippen molar-refractivity contribution in [1.29, 1.82) is 5.26 Å². The SMILES string of the molecule is COC(=O)C[C@H]1CN(C(=O)OC(C)(C)C)C[C@H]1c1cccc(OCC#N)c1. The van der Waals surface area contributed by atoms with Gasteiger partial charge in [-0.2, -0.15) is 5.26 Å². The van der Waals surface area contributed by atoms with Gasteiger partial charge in [0.1, 0.15) is 17.4 Å². The maximum atomic E-state index is 12.5. The van der Waals surface area contributed by atoms with E-state index in [0.29, 0.717) is 18.8 Å². The summed E-state index contributed by atoms with van der Waals surface area (Å²) in [4.78, 5) is 25.9. The van der Waals surface area contributed by atoms with Gasteiger partial charge in [0.25, 0.3) is 0 Å². The molecule has 0 radical (unpaired) electrons. The van der Waals surface area contributed by atoms with Gasteiger partial charge >= 0.3 is 12.1 Å². The first kappa shape index (κ1) is 20.6. The molecule has 0 saturated carbocycles. The molecule has 7 nitrogen and oxygen atoms in total. The Morgan fingerprint density at radius 2 is 2.04 bits per heavy atom. The molecule has 0 bridgehead atoms. The van der Waals surface area contributed by atoms with Crippen molar-refractivity contribution in [3.8, 4) is 11.8 Å². The second-order valence-electron chi connectivity index (χ2n) is 7.55. The van der Waals surface area contributed by atoms with E-state index in [0.717, 1.165) is 5.56 Å². The Morgan fingerprint density at radius 1 is 1.30 bits per heavy atom. The van der Waals surface area contributed by atoms with Gasteiger partial charge in [-0.1, -0.05) is 12.1 Å². The van der Waals surface area contributed by atoms with Crippen LogP contribution in [0.15, 0.2) is 24.3 Å². The minimum Gasteiger partial charge on any atom is -0.479 e. The number of hydrogen-bond acceptors (Lipinski definition) is 6. The van der Waals surface area contributed by atoms with E-state index < -0.39 is 11.7 Å². The van der Waals surface area contributed by atoms with Crippen molar-refractivity contribution in [2.45, 2.75) is 38.7 Å². The minimum atomic E-state index is -0.585. The summed E-state index contributed by atoms with van der Waals surface area (Å²) in [7, 11) is 1.36. The quantitative estimate of drug-likeness (QED) is 0.736. The van der Waals surface area contributed by atoms with Crippen LogP contribution in [0.4, 0.5) is 4.79 Å². The number of benzene rings is 1. The Morgan fingerprint density at radius 3 is 2.67 bits per heavy atom. The number of amides is 1. The molecule has 1 amide bonds. The lowest BCUT2D eigenvalue weighted by molar-refractivity contribution is -0.141. The molecule has 0 unspecified atom stereocenters. The molecule has 27 heavy (non-hydrogen) atoms. The summed E-state index contributed by atoms with van der Waals surface area (Å²) in [5.41, 5.74) is 0.364. The van der Waals surface area contributed by atoms with Crippen LogP contribution >= 0.6 is 0 Å². The predicted molar refractivity (Wildman–Crippen MR) is 98.2 cm³/mol. The summed E-state index contributed by atoms with van der Waals surface area (Å²) in [5.74, 6) is 0.132. The van der Waals surface area contributed by atoms with Crippen LogP contribution in [0, 0.1) is 17.2 Å². The Labute approximate surface area is 159 Å². The molecular formula is C20H26N2O5. The van der Waals surface area contributed by atoms with Gasteiger partial charge in [0.15, 0.2) is 6.61 Å². The average molecular weight is 374 g/mol. The molecule has 2 atom stereocenters. The van der Waals surface area contributed by atoms with Gasteiger partial charge in [0, 0.05) is 19.0 Å². The van der Waals surface area contributed by atoms with Gasteiger partial charge in [-0.25, -0.2) is 4.79 Å². The molecule has 1 aliphatic rings. The second kappa shape index (κ2) is 8.76. The number of ether oxygens (including phenoxy) is 3. The highest BCUT2D eigenvalue weighted by Crippen LogP contribution is 2.37. The molecule has 0 spiro atoms. The van der Waals surface area contributed by atoms with Crippen LogP contribution in [0.1, 0.15) is 38.7 Å². The van der Waals surface area contributed by atoms with Crippen LogP contribution in [0.25, 0.3) is 0 Å². The normalized spacial score (nSPS) is 19.3. The maximum absolute atomic E-state index is 12.5. The lowest BCUT2D eigenvalue weighted by atomic mass is 9.87. The molecule has 1 aliphatic heterocycles. The third-order valence-corrected chi connectivity index (χ3v) is 4.34. The maximum Gasteiger partial charge on any atom is 0.410 e. The summed E-state index contributed by atoms with van der Waals surface area (Å²) in [6.07, 6.45) is -0.180. The van der Waals surface area contributed by atoms with E-state index in [-0.39, 0.29) is 30.8 Å². The van der Waals surface area contributed by atoms with E-state index in [1.165, 1.54) is 7.11 Å². The van der Waals surface area contributed by atoms with Crippen LogP contribution in [0.5, 0.6) is 5.75 Å². The molecule has 1 aromatic rings. The fourth-order valence-electron chi connectivity index (χ4n) is 3.18. The number of esters is 1. The lowest BCUT2D eigenvalue weighted by Gasteiger charge is -2.24. The van der Waals surface area contributed by atoms with Gasteiger partial charge in [0.05, 0.1) is 13.5 Å². The first-order chi connectivity index (χ1) is 12.7. The number of rotatable bonds is 5. The third-order valence-electron chi connectivity index (χ3n) is 4.34. The molecule has 1 fully saturated rings. The molecular weight excluding hydrogens is 348 g/mol. The topological polar surface area (TPSA) is 88.9 Å². The minimum absolute atomic E-state index is 0.0380. The van der Waals surface area contributed by atoms with E-state index >= 15 is 0 Å². The van der Waals surface area contributed by atoms with E-state index in [1.807, 2.05) is 45.0 Å². The third kappa shape index (κ3) is 5.88. The van der Waals surface area contributed by atoms with Crippen molar-refractivity contribution >= 4 is 12.1 Å². The van der Waals surface area contributed by atoms with Crippen LogP contribution in [0.2, 0.25) is 0 Å². The van der Waals surface area contributed by atoms with Crippen LogP contribution in [0.3, 0.4) is 0 Å². The number of methoxy groups -OCH3 is 1. The lowest BCUT2D eigenvalue weighted by Crippen LogP contribution is -2.35. The Hall–Kier alpha value is -2.75. The highest BCUT2D eigenvalue weighted by atomic mass is 16.6. The van der Waals surface area contributed by atoms with Gasteiger partial charge in [0.2, 0.25) is 0 Å². The van der Waals surface area contributed by atoms with Crippen molar-refractivity contribution in [2.75, 3.05) is 26.8 Å². The largest absolute Gasteiger partial charge is 0.479 e. The van der Waals surface area contributed by atoms with Gasteiger partial charge in [-0.3, -0.25) is 4.79 Å². The molecule has 146 valence electrons. The first-order valence-electron chi connectivity index (χ1n) is 8.88. The fraction of sp³-hybridized carbons (Fsp3) is 0.550. The highest BCUT2D eigenvalue weighted by Gasteiger charge is 2.39. The zero-order valence-corrected chi connectivity index (χ0v) is 16.2. The van der Waals surface area contributed by atoms with Crippen molar-refractivity contribution in [3.63, 3.8) is 0 Å². The van der Waals surface area contributed by atoms with Crippen molar-refractivity contribution in [2.24, 2.45) is 5.92 Å². The molecule has 2 rings (SSSR count). The van der Waals surface area contributed by atoms with E-state index in [2.05, 4.69) is 0 Å². The molecule has 1 heterocycles. The molecule has 0 aliphatic carbocycles. The number of nitrogens with zero attached hydrogens (tertiary/aromatic N) is 2. The smallest absolute Gasteiger partial charge is 0.410 e. The molecule has 0 aromatic heterocycles. The number of hydrogen-bond donors (Lipinski definition) is 0. The van der Waals surface area contributed by atoms with E-state index in [1.54, 1.807) is 11.0 Å². The predicted octanol–water partition coefficient (Wildman–Crippen LogP) is 3.10. The van der Waals surface area contributed by atoms with E-state index in [4.69, 9.17) is 19.5 Å². The summed E-state index contributed by atoms with van der Waals surface area (Å²) in [6.45, 7) is 6.28. The van der Waals surface area contributed by atoms with Crippen LogP contribution in [-0.2, 0) is 14.3 Å². The zero-order valence-electron chi connectivity index (χ0n) is 16.2. The molecule has 1 aromatic carbocycles. The van der Waals surface area contributed by atoms with Gasteiger partial charge in [-0.15, -0.1) is 0 Å². The van der Waals surface area contributed by atoms with Crippen LogP contribution in [-0.4, -0.2) is 49.4 Å². The number of carbonyl (C=O) groups excluding carboxylic acids is 2. The van der Waals surface area contributed by atoms with Crippen molar-refractivity contribution in [1.82, 2.24) is 4.90 Å². The van der Waals surface area contributed by atoms with Gasteiger partial charge < -0.3 is 19.1 Å². The standard InChI is InChI=1S/C20H26N2O5/c1-20(2,3)27-19(24)22-12-15(11-18(23)25-4)17(13-22)14-6-5-7-16(10-14)26-9-8-21/h5-7,10,15,17H,9,11-13H2,1-4H3/t15-,17-/m0/s1. The Bertz CT molecular complexity index is 720. The first-order valence-corrected chi connectivity index (χ1v) is 8.88. The average Bonchev–Trinajstić information content (AvgIpc) is 3.02. The second-order valence-corrected chi connectivity index (χ2v) is 7.55. The van der Waals surface area contributed by atoms with Crippen LogP contribution < -0.4 is 4.74 Å². The van der Waals surface area contributed by atoms with Gasteiger partial charge in [-0.05, 0) is 44.4 Å². The van der Waals surface area contributed by atoms with E-state index in [9.17, 15) is 9.59 Å². The molecule has 1 saturated heterocycles. The summed E-state index contributed by atoms with van der Waals surface area (Å²) in [6, 6.07) is 9.34. The van der Waals surface area contributed by atoms with Crippen molar-refractivity contribution in [3.05, 3.63) is 29.8 Å². The van der Waals surface area contributed by atoms with Crippen molar-refractivity contribution < 1.29 is 23.8 Å². The summed E-state index contributed by atoms with van der Waals surface area (Å²) < 4.78 is 15.7. The zero-order chi connectivity index (χ0) is 20.0. The Kier molecular flexibility index (Phi) is 6.67. The number of carbonyl (C=O) groups is 2. The summed E-state index contributed by atoms with van der Waals surface area (Å²) >= 11 is 0. The highest BCUT2D eigenvalue weighted by molar-refractivity contribution is 5.71. The molecule has 7 heteroatoms. The Balaban J connectivity index is 2.21. The fourth-order valence-corrected chi connectivity index (χ4v) is 3.18. The number of likely N-dealkylation sites (tertiary alicyclic amines) is 1.